The van der Waals surface area contributed by atoms with Gasteiger partial charge in [0.1, 0.15) is 5.01 Å². The molecule has 4 rings (SSSR count). The van der Waals surface area contributed by atoms with Gasteiger partial charge in [-0.05, 0) is 44.7 Å². The Kier molecular flexibility index (Phi) is 8.38. The molecule has 2 heterocycles. The maximum absolute atomic E-state index is 6.92. The summed E-state index contributed by atoms with van der Waals surface area (Å²) in [6.07, 6.45) is 8.15. The first kappa shape index (κ1) is 24.3. The Bertz CT molecular complexity index is 1000. The van der Waals surface area contributed by atoms with Crippen LogP contribution in [0.2, 0.25) is 0 Å². The van der Waals surface area contributed by atoms with Crippen molar-refractivity contribution in [2.45, 2.75) is 84.7 Å². The van der Waals surface area contributed by atoms with Crippen LogP contribution >= 0.6 is 11.3 Å². The van der Waals surface area contributed by atoms with Crippen molar-refractivity contribution in [1.29, 1.82) is 0 Å². The van der Waals surface area contributed by atoms with E-state index in [1.165, 1.54) is 18.4 Å². The molecule has 0 aliphatic heterocycles. The summed E-state index contributed by atoms with van der Waals surface area (Å²) in [5.74, 6) is 0.696. The third kappa shape index (κ3) is 5.73. The zero-order chi connectivity index (χ0) is 23.1. The van der Waals surface area contributed by atoms with Crippen LogP contribution in [0.1, 0.15) is 76.8 Å². The van der Waals surface area contributed by atoms with Crippen molar-refractivity contribution in [3.63, 3.8) is 0 Å². The first-order valence-corrected chi connectivity index (χ1v) is 12.8. The molecule has 6 heteroatoms. The molecule has 2 aromatic heterocycles. The Morgan fingerprint density at radius 2 is 1.81 bits per heavy atom. The Balaban J connectivity index is 0.00000141. The van der Waals surface area contributed by atoms with Crippen LogP contribution in [0.5, 0.6) is 0 Å². The summed E-state index contributed by atoms with van der Waals surface area (Å²) >= 11 is 1.69. The summed E-state index contributed by atoms with van der Waals surface area (Å²) in [4.78, 5) is 15.4. The molecular formula is C26H37N5S. The van der Waals surface area contributed by atoms with Crippen LogP contribution in [0.3, 0.4) is 0 Å². The van der Waals surface area contributed by atoms with Crippen molar-refractivity contribution in [1.82, 2.24) is 15.0 Å². The molecule has 0 atom stereocenters. The Labute approximate surface area is 196 Å². The topological polar surface area (TPSA) is 76.7 Å². The van der Waals surface area contributed by atoms with E-state index in [1.807, 2.05) is 26.1 Å². The van der Waals surface area contributed by atoms with Gasteiger partial charge in [0.25, 0.3) is 0 Å². The average molecular weight is 452 g/mol. The van der Waals surface area contributed by atoms with Crippen molar-refractivity contribution < 1.29 is 0 Å². The summed E-state index contributed by atoms with van der Waals surface area (Å²) in [6.45, 7) is 10.5. The first-order valence-electron chi connectivity index (χ1n) is 12.0. The van der Waals surface area contributed by atoms with Crippen LogP contribution in [0, 0.1) is 6.92 Å². The maximum atomic E-state index is 6.92. The molecule has 0 amide bonds. The molecule has 1 fully saturated rings. The fourth-order valence-electron chi connectivity index (χ4n) is 3.89. The summed E-state index contributed by atoms with van der Waals surface area (Å²) in [7, 11) is 0. The smallest absolute Gasteiger partial charge is 0.223 e. The third-order valence-electron chi connectivity index (χ3n) is 5.54. The Hall–Kier alpha value is -2.31. The monoisotopic (exact) mass is 451 g/mol. The molecule has 1 aliphatic rings. The van der Waals surface area contributed by atoms with Crippen LogP contribution in [0.4, 0.5) is 5.95 Å². The van der Waals surface area contributed by atoms with Crippen molar-refractivity contribution in [3.05, 3.63) is 47.1 Å². The number of nitrogens with two attached hydrogens (primary N) is 1. The fourth-order valence-corrected chi connectivity index (χ4v) is 5.11. The van der Waals surface area contributed by atoms with Crippen LogP contribution < -0.4 is 11.1 Å². The summed E-state index contributed by atoms with van der Waals surface area (Å²) < 4.78 is 0. The molecule has 0 unspecified atom stereocenters. The Morgan fingerprint density at radius 1 is 1.09 bits per heavy atom. The molecule has 0 bridgehead atoms. The summed E-state index contributed by atoms with van der Waals surface area (Å²) in [5.41, 5.74) is 10.7. The van der Waals surface area contributed by atoms with E-state index < -0.39 is 5.54 Å². The molecule has 3 N–H and O–H groups in total. The van der Waals surface area contributed by atoms with Gasteiger partial charge < -0.3 is 11.1 Å². The zero-order valence-corrected chi connectivity index (χ0v) is 20.9. The number of thiazole rings is 1. The third-order valence-corrected chi connectivity index (χ3v) is 6.83. The van der Waals surface area contributed by atoms with E-state index in [0.717, 1.165) is 52.5 Å². The van der Waals surface area contributed by atoms with E-state index in [0.29, 0.717) is 12.0 Å². The number of hydrogen-bond acceptors (Lipinski definition) is 6. The predicted octanol–water partition coefficient (Wildman–Crippen LogP) is 6.93. The van der Waals surface area contributed by atoms with Crippen molar-refractivity contribution in [2.24, 2.45) is 5.73 Å². The van der Waals surface area contributed by atoms with Crippen molar-refractivity contribution >= 4 is 17.3 Å². The minimum Gasteiger partial charge on any atom is -0.351 e. The lowest BCUT2D eigenvalue weighted by molar-refractivity contribution is 0.368. The molecule has 1 aromatic carbocycles. The second-order valence-corrected chi connectivity index (χ2v) is 9.41. The van der Waals surface area contributed by atoms with Gasteiger partial charge in [0.15, 0.2) is 0 Å². The number of hydrogen-bond donors (Lipinski definition) is 2. The van der Waals surface area contributed by atoms with Gasteiger partial charge in [0.05, 0.1) is 21.8 Å². The molecule has 5 nitrogen and oxygen atoms in total. The van der Waals surface area contributed by atoms with Crippen LogP contribution in [0.15, 0.2) is 36.5 Å². The lowest BCUT2D eigenvalue weighted by atomic mass is 9.90. The number of nitrogens with zero attached hydrogens (tertiary/aromatic N) is 3. The molecular weight excluding hydrogens is 414 g/mol. The highest BCUT2D eigenvalue weighted by Gasteiger charge is 2.31. The van der Waals surface area contributed by atoms with Crippen molar-refractivity contribution in [2.75, 3.05) is 5.32 Å². The quantitative estimate of drug-likeness (QED) is 0.369. The minimum absolute atomic E-state index is 0.396. The zero-order valence-electron chi connectivity index (χ0n) is 20.1. The standard InChI is InChI=1S/C24H31N5S.C2H6/c1-4-12-24(25,13-5-2)22-29-20(17-8-6-7-16(3)15-17)21(30-22)19-11-14-26-23(28-19)27-18-9-10-18;1-2/h6-8,11,14-15,18H,4-5,9-10,12-13,25H2,1-3H3,(H,26,27,28);1-2H3. The molecule has 32 heavy (non-hydrogen) atoms. The highest BCUT2D eigenvalue weighted by molar-refractivity contribution is 7.15. The molecule has 0 radical (unpaired) electrons. The predicted molar refractivity (Wildman–Crippen MR) is 137 cm³/mol. The highest BCUT2D eigenvalue weighted by atomic mass is 32.1. The number of aryl methyl sites for hydroxylation is 1. The Morgan fingerprint density at radius 3 is 2.44 bits per heavy atom. The van der Waals surface area contributed by atoms with Gasteiger partial charge in [-0.3, -0.25) is 0 Å². The second kappa shape index (κ2) is 11.0. The minimum atomic E-state index is -0.396. The maximum Gasteiger partial charge on any atom is 0.223 e. The first-order chi connectivity index (χ1) is 15.5. The van der Waals surface area contributed by atoms with Crippen LogP contribution in [0.25, 0.3) is 21.8 Å². The molecule has 0 spiro atoms. The van der Waals surface area contributed by atoms with Gasteiger partial charge in [0.2, 0.25) is 5.95 Å². The molecule has 172 valence electrons. The lowest BCUT2D eigenvalue weighted by Crippen LogP contribution is -2.36. The van der Waals surface area contributed by atoms with Gasteiger partial charge >= 0.3 is 0 Å². The van der Waals surface area contributed by atoms with Gasteiger partial charge in [-0.15, -0.1) is 11.3 Å². The van der Waals surface area contributed by atoms with Crippen LogP contribution in [-0.4, -0.2) is 21.0 Å². The van der Waals surface area contributed by atoms with Crippen molar-refractivity contribution in [3.8, 4) is 21.8 Å². The van der Waals surface area contributed by atoms with Gasteiger partial charge in [-0.2, -0.15) is 0 Å². The highest BCUT2D eigenvalue weighted by Crippen LogP contribution is 2.42. The van der Waals surface area contributed by atoms with E-state index in [9.17, 15) is 0 Å². The molecule has 0 saturated heterocycles. The number of aromatic nitrogens is 3. The molecule has 3 aromatic rings. The average Bonchev–Trinajstić information content (AvgIpc) is 3.48. The van der Waals surface area contributed by atoms with E-state index in [2.05, 4.69) is 55.3 Å². The number of nitrogens with one attached hydrogen (secondary N) is 1. The van der Waals surface area contributed by atoms with E-state index in [-0.39, 0.29) is 0 Å². The largest absolute Gasteiger partial charge is 0.351 e. The lowest BCUT2D eigenvalue weighted by Gasteiger charge is -2.26. The van der Waals surface area contributed by atoms with Gasteiger partial charge in [-0.25, -0.2) is 15.0 Å². The van der Waals surface area contributed by atoms with E-state index in [1.54, 1.807) is 11.3 Å². The summed E-state index contributed by atoms with van der Waals surface area (Å²) in [6, 6.07) is 11.0. The fraction of sp³-hybridized carbons (Fsp3) is 0.500. The normalized spacial score (nSPS) is 13.4. The van der Waals surface area contributed by atoms with E-state index >= 15 is 0 Å². The second-order valence-electron chi connectivity index (χ2n) is 8.41. The number of rotatable bonds is 9. The van der Waals surface area contributed by atoms with Crippen LogP contribution in [-0.2, 0) is 5.54 Å². The number of benzene rings is 1. The van der Waals surface area contributed by atoms with Gasteiger partial charge in [-0.1, -0.05) is 64.3 Å². The molecule has 1 saturated carbocycles. The van der Waals surface area contributed by atoms with Gasteiger partial charge in [0, 0.05) is 17.8 Å². The van der Waals surface area contributed by atoms with E-state index in [4.69, 9.17) is 15.7 Å². The SMILES string of the molecule is CC.CCCC(N)(CCC)c1nc(-c2cccc(C)c2)c(-c2ccnc(NC3CC3)n2)s1. The number of anilines is 1. The molecule has 1 aliphatic carbocycles. The summed E-state index contributed by atoms with van der Waals surface area (Å²) in [5, 5.41) is 4.42.